The number of aromatic nitrogens is 1. The average molecular weight is 290 g/mol. The van der Waals surface area contributed by atoms with E-state index in [1.165, 1.54) is 0 Å². The molecule has 3 heterocycles. The number of furan rings is 1. The zero-order valence-electron chi connectivity index (χ0n) is 11.8. The third-order valence-electron chi connectivity index (χ3n) is 3.74. The maximum atomic E-state index is 12.7. The number of rotatable bonds is 2. The number of piperidine rings is 1. The highest BCUT2D eigenvalue weighted by Crippen LogP contribution is 2.34. The van der Waals surface area contributed by atoms with E-state index in [1.807, 2.05) is 30.2 Å². The van der Waals surface area contributed by atoms with E-state index in [9.17, 15) is 4.79 Å². The Morgan fingerprint density at radius 3 is 2.95 bits per heavy atom. The highest BCUT2D eigenvalue weighted by molar-refractivity contribution is 7.09. The summed E-state index contributed by atoms with van der Waals surface area (Å²) in [6.45, 7) is 4.68. The van der Waals surface area contributed by atoms with Crippen LogP contribution in [0.4, 0.5) is 0 Å². The number of nitrogens with zero attached hydrogens (tertiary/aromatic N) is 2. The van der Waals surface area contributed by atoms with Crippen LogP contribution in [0, 0.1) is 13.8 Å². The monoisotopic (exact) mass is 290 g/mol. The van der Waals surface area contributed by atoms with Crippen LogP contribution in [0.1, 0.15) is 52.1 Å². The molecule has 2 aromatic heterocycles. The summed E-state index contributed by atoms with van der Waals surface area (Å²) in [7, 11) is 0. The third kappa shape index (κ3) is 2.38. The molecule has 1 saturated heterocycles. The van der Waals surface area contributed by atoms with Crippen LogP contribution in [0.15, 0.2) is 22.1 Å². The van der Waals surface area contributed by atoms with Crippen LogP contribution in [0.2, 0.25) is 0 Å². The van der Waals surface area contributed by atoms with Crippen molar-refractivity contribution in [1.29, 1.82) is 0 Å². The largest absolute Gasteiger partial charge is 0.459 e. The second kappa shape index (κ2) is 5.40. The number of hydrogen-bond acceptors (Lipinski definition) is 4. The van der Waals surface area contributed by atoms with Gasteiger partial charge in [0.15, 0.2) is 5.76 Å². The minimum absolute atomic E-state index is 0.00921. The summed E-state index contributed by atoms with van der Waals surface area (Å²) in [4.78, 5) is 19.2. The highest BCUT2D eigenvalue weighted by atomic mass is 32.1. The summed E-state index contributed by atoms with van der Waals surface area (Å²) in [5.41, 5.74) is 1.92. The van der Waals surface area contributed by atoms with E-state index in [0.29, 0.717) is 5.76 Å². The van der Waals surface area contributed by atoms with Crippen LogP contribution < -0.4 is 0 Å². The smallest absolute Gasteiger partial charge is 0.290 e. The molecule has 0 N–H and O–H groups in total. The van der Waals surface area contributed by atoms with E-state index in [-0.39, 0.29) is 11.9 Å². The molecule has 0 bridgehead atoms. The van der Waals surface area contributed by atoms with Crippen LogP contribution >= 0.6 is 11.3 Å². The molecule has 0 spiro atoms. The van der Waals surface area contributed by atoms with Gasteiger partial charge in [-0.2, -0.15) is 0 Å². The Morgan fingerprint density at radius 2 is 2.30 bits per heavy atom. The molecule has 5 heteroatoms. The first-order valence-corrected chi connectivity index (χ1v) is 7.82. The van der Waals surface area contributed by atoms with Gasteiger partial charge in [-0.3, -0.25) is 4.79 Å². The summed E-state index contributed by atoms with van der Waals surface area (Å²) in [6.07, 6.45) is 4.75. The molecule has 1 fully saturated rings. The SMILES string of the molecule is Cc1csc([C@H]2CCCCN2C(=O)c2occc2C)n1. The van der Waals surface area contributed by atoms with Gasteiger partial charge in [-0.05, 0) is 39.2 Å². The maximum absolute atomic E-state index is 12.7. The molecule has 3 rings (SSSR count). The predicted molar refractivity (Wildman–Crippen MR) is 77.9 cm³/mol. The molecule has 2 aromatic rings. The fourth-order valence-electron chi connectivity index (χ4n) is 2.68. The fraction of sp³-hybridized carbons (Fsp3) is 0.467. The van der Waals surface area contributed by atoms with Crippen molar-refractivity contribution in [3.63, 3.8) is 0 Å². The van der Waals surface area contributed by atoms with Gasteiger partial charge in [-0.15, -0.1) is 11.3 Å². The molecule has 0 aromatic carbocycles. The minimum Gasteiger partial charge on any atom is -0.459 e. The normalized spacial score (nSPS) is 19.3. The molecule has 0 radical (unpaired) electrons. The quantitative estimate of drug-likeness (QED) is 0.846. The van der Waals surface area contributed by atoms with Crippen molar-refractivity contribution in [2.24, 2.45) is 0 Å². The van der Waals surface area contributed by atoms with E-state index in [2.05, 4.69) is 4.98 Å². The lowest BCUT2D eigenvalue weighted by Gasteiger charge is -2.34. The average Bonchev–Trinajstić information content (AvgIpc) is 3.07. The van der Waals surface area contributed by atoms with Crippen LogP contribution in [0.3, 0.4) is 0 Å². The van der Waals surface area contributed by atoms with E-state index in [4.69, 9.17) is 4.42 Å². The van der Waals surface area contributed by atoms with Gasteiger partial charge in [0.2, 0.25) is 0 Å². The molecule has 106 valence electrons. The first-order chi connectivity index (χ1) is 9.66. The van der Waals surface area contributed by atoms with Crippen LogP contribution in [-0.2, 0) is 0 Å². The van der Waals surface area contributed by atoms with Crippen LogP contribution in [0.5, 0.6) is 0 Å². The number of thiazole rings is 1. The van der Waals surface area contributed by atoms with Gasteiger partial charge in [-0.25, -0.2) is 4.98 Å². The Balaban J connectivity index is 1.89. The van der Waals surface area contributed by atoms with Gasteiger partial charge >= 0.3 is 0 Å². The first kappa shape index (κ1) is 13.4. The number of hydrogen-bond donors (Lipinski definition) is 0. The zero-order chi connectivity index (χ0) is 14.1. The molecule has 1 aliphatic heterocycles. The molecule has 0 unspecified atom stereocenters. The number of aryl methyl sites for hydroxylation is 2. The van der Waals surface area contributed by atoms with Gasteiger partial charge < -0.3 is 9.32 Å². The van der Waals surface area contributed by atoms with E-state index in [0.717, 1.165) is 42.1 Å². The predicted octanol–water partition coefficient (Wildman–Crippen LogP) is 3.72. The number of amides is 1. The van der Waals surface area contributed by atoms with Gasteiger partial charge in [0, 0.05) is 23.2 Å². The first-order valence-electron chi connectivity index (χ1n) is 6.94. The van der Waals surface area contributed by atoms with Crippen molar-refractivity contribution in [1.82, 2.24) is 9.88 Å². The summed E-state index contributed by atoms with van der Waals surface area (Å²) < 4.78 is 5.36. The Labute approximate surface area is 122 Å². The summed E-state index contributed by atoms with van der Waals surface area (Å²) >= 11 is 1.64. The molecule has 20 heavy (non-hydrogen) atoms. The maximum Gasteiger partial charge on any atom is 0.290 e. The third-order valence-corrected chi connectivity index (χ3v) is 4.81. The second-order valence-electron chi connectivity index (χ2n) is 5.27. The van der Waals surface area contributed by atoms with Crippen molar-refractivity contribution >= 4 is 17.2 Å². The lowest BCUT2D eigenvalue weighted by Crippen LogP contribution is -2.38. The molecular formula is C15H18N2O2S. The highest BCUT2D eigenvalue weighted by Gasteiger charge is 2.32. The van der Waals surface area contributed by atoms with Crippen molar-refractivity contribution in [3.8, 4) is 0 Å². The van der Waals surface area contributed by atoms with Crippen molar-refractivity contribution in [2.75, 3.05) is 6.54 Å². The molecule has 0 aliphatic carbocycles. The van der Waals surface area contributed by atoms with Crippen LogP contribution in [0.25, 0.3) is 0 Å². The molecule has 1 amide bonds. The summed E-state index contributed by atoms with van der Waals surface area (Å²) in [6, 6.07) is 1.93. The lowest BCUT2D eigenvalue weighted by molar-refractivity contribution is 0.0577. The van der Waals surface area contributed by atoms with Gasteiger partial charge in [0.05, 0.1) is 12.3 Å². The van der Waals surface area contributed by atoms with Crippen molar-refractivity contribution in [3.05, 3.63) is 39.7 Å². The fourth-order valence-corrected chi connectivity index (χ4v) is 3.62. The number of likely N-dealkylation sites (tertiary alicyclic amines) is 1. The van der Waals surface area contributed by atoms with E-state index in [1.54, 1.807) is 17.6 Å². The standard InChI is InChI=1S/C15H18N2O2S/c1-10-6-8-19-13(10)15(18)17-7-4-3-5-12(17)14-16-11(2)9-20-14/h6,8-9,12H,3-5,7H2,1-2H3/t12-/m1/s1. The van der Waals surface area contributed by atoms with Gasteiger partial charge in [-0.1, -0.05) is 0 Å². The Morgan fingerprint density at radius 1 is 1.45 bits per heavy atom. The minimum atomic E-state index is -0.00921. The zero-order valence-corrected chi connectivity index (χ0v) is 12.6. The molecule has 4 nitrogen and oxygen atoms in total. The molecule has 1 atom stereocenters. The summed E-state index contributed by atoms with van der Waals surface area (Å²) in [5, 5.41) is 3.09. The van der Waals surface area contributed by atoms with E-state index >= 15 is 0 Å². The van der Waals surface area contributed by atoms with E-state index < -0.39 is 0 Å². The Hall–Kier alpha value is -1.62. The molecular weight excluding hydrogens is 272 g/mol. The van der Waals surface area contributed by atoms with Crippen molar-refractivity contribution in [2.45, 2.75) is 39.2 Å². The lowest BCUT2D eigenvalue weighted by atomic mass is 10.0. The Kier molecular flexibility index (Phi) is 3.61. The van der Waals surface area contributed by atoms with Gasteiger partial charge in [0.25, 0.3) is 5.91 Å². The Bertz CT molecular complexity index is 617. The molecule has 0 saturated carbocycles. The van der Waals surface area contributed by atoms with Gasteiger partial charge in [0.1, 0.15) is 5.01 Å². The van der Waals surface area contributed by atoms with Crippen molar-refractivity contribution < 1.29 is 9.21 Å². The second-order valence-corrected chi connectivity index (χ2v) is 6.16. The molecule has 1 aliphatic rings. The topological polar surface area (TPSA) is 46.3 Å². The van der Waals surface area contributed by atoms with Crippen LogP contribution in [-0.4, -0.2) is 22.3 Å². The summed E-state index contributed by atoms with van der Waals surface area (Å²) in [5.74, 6) is 0.454. The number of carbonyl (C=O) groups is 1. The number of carbonyl (C=O) groups excluding carboxylic acids is 1.